The average molecular weight is 234 g/mol. The zero-order valence-electron chi connectivity index (χ0n) is 7.53. The van der Waals surface area contributed by atoms with Crippen molar-refractivity contribution >= 4 is 0 Å². The quantitative estimate of drug-likeness (QED) is 0.417. The first-order valence-corrected chi connectivity index (χ1v) is 4.08. The Balaban J connectivity index is 2.81. The Morgan fingerprint density at radius 3 is 1.69 bits per heavy atom. The summed E-state index contributed by atoms with van der Waals surface area (Å²) in [6.07, 6.45) is 1.95. The van der Waals surface area contributed by atoms with Crippen LogP contribution in [0.1, 0.15) is 0 Å². The minimum absolute atomic E-state index is 0.215. The van der Waals surface area contributed by atoms with Crippen LogP contribution in [0.3, 0.4) is 0 Å². The molecular formula is C10H3F5O. The van der Waals surface area contributed by atoms with E-state index in [-0.39, 0.29) is 5.56 Å². The molecule has 1 aromatic carbocycles. The molecule has 0 unspecified atom stereocenters. The predicted molar refractivity (Wildman–Crippen MR) is 43.9 cm³/mol. The van der Waals surface area contributed by atoms with Gasteiger partial charge >= 0.3 is 0 Å². The maximum absolute atomic E-state index is 13.2. The van der Waals surface area contributed by atoms with Gasteiger partial charge in [0.15, 0.2) is 23.3 Å². The van der Waals surface area contributed by atoms with Gasteiger partial charge in [-0.15, -0.1) is 0 Å². The van der Waals surface area contributed by atoms with Crippen molar-refractivity contribution in [1.29, 1.82) is 0 Å². The molecule has 1 nitrogen and oxygen atoms in total. The minimum Gasteiger partial charge on any atom is -0.472 e. The second-order valence-electron chi connectivity index (χ2n) is 2.96. The van der Waals surface area contributed by atoms with E-state index in [4.69, 9.17) is 0 Å². The van der Waals surface area contributed by atoms with E-state index in [1.54, 1.807) is 0 Å². The lowest BCUT2D eigenvalue weighted by atomic mass is 10.1. The highest BCUT2D eigenvalue weighted by Gasteiger charge is 2.26. The number of benzene rings is 1. The topological polar surface area (TPSA) is 13.1 Å². The van der Waals surface area contributed by atoms with Gasteiger partial charge in [-0.1, -0.05) is 0 Å². The smallest absolute Gasteiger partial charge is 0.200 e. The summed E-state index contributed by atoms with van der Waals surface area (Å²) < 4.78 is 69.2. The first kappa shape index (κ1) is 10.7. The van der Waals surface area contributed by atoms with Crippen LogP contribution < -0.4 is 0 Å². The van der Waals surface area contributed by atoms with Crippen molar-refractivity contribution in [3.8, 4) is 11.1 Å². The van der Waals surface area contributed by atoms with Crippen LogP contribution in [0.5, 0.6) is 0 Å². The molecule has 0 amide bonds. The Morgan fingerprint density at radius 1 is 0.750 bits per heavy atom. The fraction of sp³-hybridized carbons (Fsp3) is 0. The van der Waals surface area contributed by atoms with Gasteiger partial charge in [0.05, 0.1) is 18.1 Å². The Hall–Kier alpha value is -1.85. The molecule has 2 aromatic rings. The number of furan rings is 1. The molecule has 0 bridgehead atoms. The van der Waals surface area contributed by atoms with E-state index in [0.717, 1.165) is 18.6 Å². The number of halogens is 5. The Kier molecular flexibility index (Phi) is 2.41. The summed E-state index contributed by atoms with van der Waals surface area (Å²) >= 11 is 0. The summed E-state index contributed by atoms with van der Waals surface area (Å²) in [5.74, 6) is -9.89. The van der Waals surface area contributed by atoms with Gasteiger partial charge in [0.25, 0.3) is 0 Å². The monoisotopic (exact) mass is 234 g/mol. The highest BCUT2D eigenvalue weighted by atomic mass is 19.2. The van der Waals surface area contributed by atoms with Crippen molar-refractivity contribution in [3.63, 3.8) is 0 Å². The summed E-state index contributed by atoms with van der Waals surface area (Å²) in [4.78, 5) is 0. The number of rotatable bonds is 1. The molecule has 0 saturated heterocycles. The Labute approximate surface area is 86.1 Å². The third-order valence-corrected chi connectivity index (χ3v) is 2.02. The standard InChI is InChI=1S/C10H3F5O/c11-6-5(4-1-2-16-3-4)7(12)9(14)10(15)8(6)13/h1-3H. The zero-order chi connectivity index (χ0) is 11.9. The molecule has 0 spiro atoms. The van der Waals surface area contributed by atoms with E-state index < -0.39 is 34.6 Å². The third-order valence-electron chi connectivity index (χ3n) is 2.02. The van der Waals surface area contributed by atoms with E-state index in [2.05, 4.69) is 4.42 Å². The van der Waals surface area contributed by atoms with E-state index in [9.17, 15) is 22.0 Å². The summed E-state index contributed by atoms with van der Waals surface area (Å²) in [5, 5.41) is 0. The second kappa shape index (κ2) is 3.62. The van der Waals surface area contributed by atoms with Gasteiger partial charge in [-0.05, 0) is 6.07 Å². The molecule has 84 valence electrons. The van der Waals surface area contributed by atoms with Crippen LogP contribution in [0.25, 0.3) is 11.1 Å². The van der Waals surface area contributed by atoms with Gasteiger partial charge < -0.3 is 4.42 Å². The first-order chi connectivity index (χ1) is 7.54. The lowest BCUT2D eigenvalue weighted by molar-refractivity contribution is 0.381. The summed E-state index contributed by atoms with van der Waals surface area (Å²) in [5.41, 5.74) is -1.21. The molecule has 0 saturated carbocycles. The van der Waals surface area contributed by atoms with Crippen molar-refractivity contribution in [3.05, 3.63) is 47.7 Å². The summed E-state index contributed by atoms with van der Waals surface area (Å²) in [6.45, 7) is 0. The number of hydrogen-bond acceptors (Lipinski definition) is 1. The third kappa shape index (κ3) is 1.37. The molecule has 0 aliphatic rings. The molecule has 0 aliphatic heterocycles. The normalized spacial score (nSPS) is 10.8. The lowest BCUT2D eigenvalue weighted by Crippen LogP contribution is -2.03. The fourth-order valence-electron chi connectivity index (χ4n) is 1.27. The number of hydrogen-bond donors (Lipinski definition) is 0. The molecule has 1 heterocycles. The van der Waals surface area contributed by atoms with Crippen molar-refractivity contribution in [2.75, 3.05) is 0 Å². The van der Waals surface area contributed by atoms with Gasteiger partial charge in [-0.2, -0.15) is 0 Å². The predicted octanol–water partition coefficient (Wildman–Crippen LogP) is 3.64. The van der Waals surface area contributed by atoms with Crippen LogP contribution in [0.4, 0.5) is 22.0 Å². The van der Waals surface area contributed by atoms with Gasteiger partial charge in [-0.3, -0.25) is 0 Å². The Bertz CT molecular complexity index is 504. The van der Waals surface area contributed by atoms with Gasteiger partial charge in [0, 0.05) is 5.56 Å². The summed E-state index contributed by atoms with van der Waals surface area (Å²) in [6, 6.07) is 1.10. The highest BCUT2D eigenvalue weighted by molar-refractivity contribution is 5.64. The summed E-state index contributed by atoms with van der Waals surface area (Å²) in [7, 11) is 0. The minimum atomic E-state index is -2.18. The van der Waals surface area contributed by atoms with Crippen molar-refractivity contribution in [2.45, 2.75) is 0 Å². The van der Waals surface area contributed by atoms with Crippen molar-refractivity contribution in [1.82, 2.24) is 0 Å². The lowest BCUT2D eigenvalue weighted by Gasteiger charge is -2.05. The van der Waals surface area contributed by atoms with Crippen molar-refractivity contribution < 1.29 is 26.4 Å². The van der Waals surface area contributed by atoms with E-state index in [1.807, 2.05) is 0 Å². The second-order valence-corrected chi connectivity index (χ2v) is 2.96. The maximum Gasteiger partial charge on any atom is 0.200 e. The van der Waals surface area contributed by atoms with Crippen LogP contribution in [0.2, 0.25) is 0 Å². The van der Waals surface area contributed by atoms with Crippen LogP contribution in [0, 0.1) is 29.1 Å². The maximum atomic E-state index is 13.2. The largest absolute Gasteiger partial charge is 0.472 e. The molecule has 1 aromatic heterocycles. The fourth-order valence-corrected chi connectivity index (χ4v) is 1.27. The van der Waals surface area contributed by atoms with E-state index in [0.29, 0.717) is 0 Å². The SMILES string of the molecule is Fc1c(F)c(F)c(-c2ccoc2)c(F)c1F. The average Bonchev–Trinajstić information content (AvgIpc) is 2.77. The molecule has 0 N–H and O–H groups in total. The van der Waals surface area contributed by atoms with Crippen LogP contribution in [-0.4, -0.2) is 0 Å². The van der Waals surface area contributed by atoms with Gasteiger partial charge in [0.2, 0.25) is 5.82 Å². The molecule has 0 aliphatic carbocycles. The molecule has 6 heteroatoms. The van der Waals surface area contributed by atoms with Gasteiger partial charge in [-0.25, -0.2) is 22.0 Å². The molecule has 0 radical (unpaired) electrons. The molecule has 16 heavy (non-hydrogen) atoms. The Morgan fingerprint density at radius 2 is 1.25 bits per heavy atom. The highest BCUT2D eigenvalue weighted by Crippen LogP contribution is 2.31. The van der Waals surface area contributed by atoms with E-state index >= 15 is 0 Å². The molecule has 2 rings (SSSR count). The van der Waals surface area contributed by atoms with Crippen molar-refractivity contribution in [2.24, 2.45) is 0 Å². The van der Waals surface area contributed by atoms with Gasteiger partial charge in [0.1, 0.15) is 0 Å². The van der Waals surface area contributed by atoms with Crippen LogP contribution >= 0.6 is 0 Å². The molecule has 0 fully saturated rings. The molecule has 0 atom stereocenters. The first-order valence-electron chi connectivity index (χ1n) is 4.08. The van der Waals surface area contributed by atoms with Crippen LogP contribution in [-0.2, 0) is 0 Å². The zero-order valence-corrected chi connectivity index (χ0v) is 7.53. The van der Waals surface area contributed by atoms with Crippen LogP contribution in [0.15, 0.2) is 23.0 Å². The molecular weight excluding hydrogens is 231 g/mol. The van der Waals surface area contributed by atoms with E-state index in [1.165, 1.54) is 0 Å².